The highest BCUT2D eigenvalue weighted by molar-refractivity contribution is 5.79. The molecule has 0 spiro atoms. The minimum Gasteiger partial charge on any atom is -0.480 e. The maximum atomic E-state index is 12.5. The van der Waals surface area contributed by atoms with Crippen LogP contribution in [0.4, 0.5) is 0 Å². The van der Waals surface area contributed by atoms with Gasteiger partial charge in [-0.2, -0.15) is 0 Å². The predicted octanol–water partition coefficient (Wildman–Crippen LogP) is 1.34. The first-order valence-corrected chi connectivity index (χ1v) is 12.2. The maximum Gasteiger partial charge on any atom is 0.329 e. The molecule has 35 heavy (non-hydrogen) atoms. The summed E-state index contributed by atoms with van der Waals surface area (Å²) in [5.41, 5.74) is -0.794. The van der Waals surface area contributed by atoms with E-state index in [4.69, 9.17) is 19.3 Å². The lowest BCUT2D eigenvalue weighted by Gasteiger charge is -2.25. The van der Waals surface area contributed by atoms with Crippen LogP contribution in [0.1, 0.15) is 67.2 Å². The molecule has 0 saturated heterocycles. The second-order valence-electron chi connectivity index (χ2n) is 9.35. The summed E-state index contributed by atoms with van der Waals surface area (Å²) in [7, 11) is 0. The van der Waals surface area contributed by atoms with Crippen molar-refractivity contribution >= 4 is 23.7 Å². The summed E-state index contributed by atoms with van der Waals surface area (Å²) >= 11 is 0. The van der Waals surface area contributed by atoms with Crippen LogP contribution in [-0.2, 0) is 33.4 Å². The number of carbonyl (C=O) groups is 4. The van der Waals surface area contributed by atoms with E-state index in [0.29, 0.717) is 26.1 Å². The van der Waals surface area contributed by atoms with Crippen molar-refractivity contribution in [3.63, 3.8) is 0 Å². The molecule has 0 heterocycles. The number of carbonyl (C=O) groups excluding carboxylic acids is 3. The number of rotatable bonds is 20. The van der Waals surface area contributed by atoms with Crippen molar-refractivity contribution in [1.29, 1.82) is 0 Å². The average Bonchev–Trinajstić information content (AvgIpc) is 2.75. The molecule has 0 aromatic carbocycles. The molecule has 0 unspecified atom stereocenters. The van der Waals surface area contributed by atoms with Crippen LogP contribution < -0.4 is 10.6 Å². The molecule has 0 aliphatic carbocycles. The van der Waals surface area contributed by atoms with Crippen molar-refractivity contribution in [2.45, 2.75) is 78.4 Å². The van der Waals surface area contributed by atoms with Gasteiger partial charge in [0.25, 0.3) is 0 Å². The van der Waals surface area contributed by atoms with Gasteiger partial charge in [-0.25, -0.2) is 4.79 Å². The van der Waals surface area contributed by atoms with Crippen molar-refractivity contribution in [3.05, 3.63) is 0 Å². The van der Waals surface area contributed by atoms with Crippen molar-refractivity contribution in [2.75, 3.05) is 52.6 Å². The summed E-state index contributed by atoms with van der Waals surface area (Å²) in [5, 5.41) is 14.3. The quantitative estimate of drug-likeness (QED) is 0.226. The fourth-order valence-corrected chi connectivity index (χ4v) is 3.27. The summed E-state index contributed by atoms with van der Waals surface area (Å²) in [5.74, 6) is -1.91. The van der Waals surface area contributed by atoms with Crippen LogP contribution in [0.25, 0.3) is 0 Å². The number of carboxylic acids is 1. The molecular formula is C24H45N3O8. The van der Waals surface area contributed by atoms with Crippen LogP contribution in [0.5, 0.6) is 0 Å². The third kappa shape index (κ3) is 17.8. The number of ether oxygens (including phenoxy) is 3. The molecule has 0 saturated carbocycles. The zero-order chi connectivity index (χ0) is 26.9. The first-order chi connectivity index (χ1) is 16.3. The standard InChI is InChI=1S/C24H45N3O8/c1-7-34-23(3,4)11-9-19(28)25-13-15-27(21(30)17-33-18-22(31)32)16-14-26-20(29)10-12-24(5,6)35-8-2/h7-18H2,1-6H3,(H,25,28)(H,26,29)(H,31,32). The molecule has 11 nitrogen and oxygen atoms in total. The number of aliphatic carboxylic acids is 1. The predicted molar refractivity (Wildman–Crippen MR) is 131 cm³/mol. The van der Waals surface area contributed by atoms with Gasteiger partial charge < -0.3 is 34.9 Å². The lowest BCUT2D eigenvalue weighted by atomic mass is 10.0. The average molecular weight is 504 g/mol. The second kappa shape index (κ2) is 17.2. The Labute approximate surface area is 209 Å². The van der Waals surface area contributed by atoms with Gasteiger partial charge >= 0.3 is 5.97 Å². The summed E-state index contributed by atoms with van der Waals surface area (Å²) in [6.07, 6.45) is 1.70. The van der Waals surface area contributed by atoms with Gasteiger partial charge in [0.2, 0.25) is 17.7 Å². The van der Waals surface area contributed by atoms with Gasteiger partial charge in [0.15, 0.2) is 0 Å². The van der Waals surface area contributed by atoms with E-state index in [1.807, 2.05) is 41.5 Å². The van der Waals surface area contributed by atoms with Crippen molar-refractivity contribution in [3.8, 4) is 0 Å². The smallest absolute Gasteiger partial charge is 0.329 e. The zero-order valence-corrected chi connectivity index (χ0v) is 22.2. The van der Waals surface area contributed by atoms with Gasteiger partial charge in [-0.1, -0.05) is 0 Å². The SMILES string of the molecule is CCOC(C)(C)CCC(=O)NCCN(CCNC(=O)CCC(C)(C)OCC)C(=O)COCC(=O)O. The van der Waals surface area contributed by atoms with E-state index in [-0.39, 0.29) is 50.8 Å². The number of nitrogens with one attached hydrogen (secondary N) is 2. The number of hydrogen-bond acceptors (Lipinski definition) is 7. The molecule has 3 N–H and O–H groups in total. The Morgan fingerprint density at radius 2 is 1.20 bits per heavy atom. The third-order valence-electron chi connectivity index (χ3n) is 5.19. The zero-order valence-electron chi connectivity index (χ0n) is 22.2. The van der Waals surface area contributed by atoms with E-state index in [1.165, 1.54) is 4.90 Å². The molecule has 0 aliphatic heterocycles. The minimum atomic E-state index is -1.17. The fraction of sp³-hybridized carbons (Fsp3) is 0.833. The van der Waals surface area contributed by atoms with E-state index in [1.54, 1.807) is 0 Å². The summed E-state index contributed by atoms with van der Waals surface area (Å²) in [6, 6.07) is 0. The van der Waals surface area contributed by atoms with Gasteiger partial charge in [-0.15, -0.1) is 0 Å². The second-order valence-corrected chi connectivity index (χ2v) is 9.35. The van der Waals surface area contributed by atoms with E-state index < -0.39 is 36.3 Å². The fourth-order valence-electron chi connectivity index (χ4n) is 3.27. The van der Waals surface area contributed by atoms with Crippen molar-refractivity contribution in [1.82, 2.24) is 15.5 Å². The highest BCUT2D eigenvalue weighted by Crippen LogP contribution is 2.17. The van der Waals surface area contributed by atoms with Gasteiger partial charge in [0, 0.05) is 52.2 Å². The molecule has 11 heteroatoms. The highest BCUT2D eigenvalue weighted by Gasteiger charge is 2.21. The van der Waals surface area contributed by atoms with Crippen molar-refractivity contribution < 1.29 is 38.5 Å². The third-order valence-corrected chi connectivity index (χ3v) is 5.19. The Kier molecular flexibility index (Phi) is 16.1. The van der Waals surface area contributed by atoms with Gasteiger partial charge in [0.1, 0.15) is 13.2 Å². The number of hydrogen-bond donors (Lipinski definition) is 3. The lowest BCUT2D eigenvalue weighted by Crippen LogP contribution is -2.44. The molecule has 0 aliphatic rings. The molecule has 0 bridgehead atoms. The van der Waals surface area contributed by atoms with E-state index >= 15 is 0 Å². The largest absolute Gasteiger partial charge is 0.480 e. The van der Waals surface area contributed by atoms with E-state index in [9.17, 15) is 19.2 Å². The van der Waals surface area contributed by atoms with Gasteiger partial charge in [0.05, 0.1) is 11.2 Å². The number of amides is 3. The minimum absolute atomic E-state index is 0.155. The van der Waals surface area contributed by atoms with Gasteiger partial charge in [-0.3, -0.25) is 14.4 Å². The Morgan fingerprint density at radius 1 is 0.771 bits per heavy atom. The molecule has 0 atom stereocenters. The topological polar surface area (TPSA) is 144 Å². The van der Waals surface area contributed by atoms with Crippen molar-refractivity contribution in [2.24, 2.45) is 0 Å². The number of nitrogens with zero attached hydrogens (tertiary/aromatic N) is 1. The Bertz CT molecular complexity index is 627. The van der Waals surface area contributed by atoms with Crippen LogP contribution in [0.3, 0.4) is 0 Å². The Hall–Kier alpha value is -2.24. The van der Waals surface area contributed by atoms with Crippen LogP contribution in [0.2, 0.25) is 0 Å². The molecule has 3 amide bonds. The van der Waals surface area contributed by atoms with E-state index in [0.717, 1.165) is 0 Å². The number of carboxylic acid groups (broad SMARTS) is 1. The van der Waals surface area contributed by atoms with Gasteiger partial charge in [-0.05, 0) is 54.4 Å². The molecule has 0 rings (SSSR count). The first kappa shape index (κ1) is 32.8. The normalized spacial score (nSPS) is 11.7. The van der Waals surface area contributed by atoms with Crippen LogP contribution in [0.15, 0.2) is 0 Å². The summed E-state index contributed by atoms with van der Waals surface area (Å²) in [4.78, 5) is 48.9. The molecule has 0 aromatic rings. The molecule has 204 valence electrons. The first-order valence-electron chi connectivity index (χ1n) is 12.2. The molecule has 0 aromatic heterocycles. The monoisotopic (exact) mass is 503 g/mol. The highest BCUT2D eigenvalue weighted by atomic mass is 16.5. The Balaban J connectivity index is 4.63. The summed E-state index contributed by atoms with van der Waals surface area (Å²) < 4.78 is 16.1. The van der Waals surface area contributed by atoms with Crippen LogP contribution in [0, 0.1) is 0 Å². The Morgan fingerprint density at radius 3 is 1.57 bits per heavy atom. The lowest BCUT2D eigenvalue weighted by molar-refractivity contribution is -0.146. The molecule has 0 radical (unpaired) electrons. The van der Waals surface area contributed by atoms with E-state index in [2.05, 4.69) is 10.6 Å². The summed E-state index contributed by atoms with van der Waals surface area (Å²) in [6.45, 7) is 12.5. The van der Waals surface area contributed by atoms with Crippen LogP contribution in [-0.4, -0.2) is 97.5 Å². The molecular weight excluding hydrogens is 458 g/mol. The van der Waals surface area contributed by atoms with Crippen LogP contribution >= 0.6 is 0 Å². The maximum absolute atomic E-state index is 12.5. The molecule has 0 fully saturated rings.